The maximum atomic E-state index is 13.1. The van der Waals surface area contributed by atoms with Crippen molar-refractivity contribution >= 4 is 5.91 Å². The Kier molecular flexibility index (Phi) is 4.31. The smallest absolute Gasteiger partial charge is 0.222 e. The molecule has 4 heteroatoms. The van der Waals surface area contributed by atoms with Gasteiger partial charge in [0.05, 0.1) is 6.04 Å². The zero-order chi connectivity index (χ0) is 13.0. The molecule has 0 spiro atoms. The van der Waals surface area contributed by atoms with E-state index in [0.717, 1.165) is 24.9 Å². The molecule has 3 nitrogen and oxygen atoms in total. The van der Waals surface area contributed by atoms with E-state index in [1.807, 2.05) is 13.0 Å². The van der Waals surface area contributed by atoms with Crippen molar-refractivity contribution in [2.75, 3.05) is 6.54 Å². The number of carbonyl (C=O) groups is 1. The summed E-state index contributed by atoms with van der Waals surface area (Å²) in [6.45, 7) is 2.87. The van der Waals surface area contributed by atoms with Crippen LogP contribution < -0.4 is 10.6 Å². The van der Waals surface area contributed by atoms with Gasteiger partial charge in [0.2, 0.25) is 5.91 Å². The van der Waals surface area contributed by atoms with Crippen LogP contribution in [0.4, 0.5) is 4.39 Å². The van der Waals surface area contributed by atoms with E-state index in [-0.39, 0.29) is 17.8 Å². The van der Waals surface area contributed by atoms with E-state index < -0.39 is 0 Å². The first-order chi connectivity index (χ1) is 8.65. The quantitative estimate of drug-likeness (QED) is 0.859. The number of nitrogens with one attached hydrogen (secondary N) is 2. The highest BCUT2D eigenvalue weighted by Gasteiger charge is 2.18. The van der Waals surface area contributed by atoms with Crippen LogP contribution in [-0.4, -0.2) is 18.5 Å². The number of benzene rings is 1. The summed E-state index contributed by atoms with van der Waals surface area (Å²) in [4.78, 5) is 11.8. The zero-order valence-electron chi connectivity index (χ0n) is 10.6. The van der Waals surface area contributed by atoms with Crippen LogP contribution in [-0.2, 0) is 4.79 Å². The largest absolute Gasteiger partial charge is 0.350 e. The van der Waals surface area contributed by atoms with Crippen LogP contribution in [0.15, 0.2) is 24.3 Å². The standard InChI is InChI=1S/C14H19FN2O/c1-10(11-4-2-5-12(15)8-11)17-14(18)9-13-6-3-7-16-13/h2,4-5,8,10,13,16H,3,6-7,9H2,1H3,(H,17,18). The average Bonchev–Trinajstić information content (AvgIpc) is 2.81. The minimum Gasteiger partial charge on any atom is -0.350 e. The van der Waals surface area contributed by atoms with Crippen LogP contribution in [0.5, 0.6) is 0 Å². The van der Waals surface area contributed by atoms with Crippen LogP contribution in [0, 0.1) is 5.82 Å². The van der Waals surface area contributed by atoms with E-state index >= 15 is 0 Å². The summed E-state index contributed by atoms with van der Waals surface area (Å²) in [6.07, 6.45) is 2.69. The summed E-state index contributed by atoms with van der Waals surface area (Å²) in [6, 6.07) is 6.48. The predicted molar refractivity (Wildman–Crippen MR) is 68.6 cm³/mol. The Morgan fingerprint density at radius 1 is 1.61 bits per heavy atom. The number of carbonyl (C=O) groups excluding carboxylic acids is 1. The summed E-state index contributed by atoms with van der Waals surface area (Å²) in [7, 11) is 0. The normalized spacial score (nSPS) is 20.7. The third-order valence-electron chi connectivity index (χ3n) is 3.32. The van der Waals surface area contributed by atoms with Crippen molar-refractivity contribution in [3.8, 4) is 0 Å². The fraction of sp³-hybridized carbons (Fsp3) is 0.500. The van der Waals surface area contributed by atoms with Crippen LogP contribution in [0.2, 0.25) is 0 Å². The molecule has 0 radical (unpaired) electrons. The van der Waals surface area contributed by atoms with Crippen molar-refractivity contribution in [1.82, 2.24) is 10.6 Å². The van der Waals surface area contributed by atoms with E-state index in [1.165, 1.54) is 12.1 Å². The molecule has 1 aliphatic rings. The van der Waals surface area contributed by atoms with Gasteiger partial charge < -0.3 is 10.6 Å². The molecular formula is C14H19FN2O. The van der Waals surface area contributed by atoms with Gasteiger partial charge in [0, 0.05) is 12.5 Å². The lowest BCUT2D eigenvalue weighted by Crippen LogP contribution is -2.33. The Hall–Kier alpha value is -1.42. The summed E-state index contributed by atoms with van der Waals surface area (Å²) < 4.78 is 13.1. The van der Waals surface area contributed by atoms with Crippen LogP contribution >= 0.6 is 0 Å². The van der Waals surface area contributed by atoms with Gasteiger partial charge in [-0.05, 0) is 44.0 Å². The van der Waals surface area contributed by atoms with E-state index in [0.29, 0.717) is 12.5 Å². The molecule has 0 aromatic heterocycles. The van der Waals surface area contributed by atoms with Gasteiger partial charge in [-0.2, -0.15) is 0 Å². The lowest BCUT2D eigenvalue weighted by atomic mass is 10.1. The van der Waals surface area contributed by atoms with E-state index in [2.05, 4.69) is 10.6 Å². The van der Waals surface area contributed by atoms with Gasteiger partial charge in [-0.3, -0.25) is 4.79 Å². The molecule has 2 rings (SSSR count). The highest BCUT2D eigenvalue weighted by molar-refractivity contribution is 5.77. The topological polar surface area (TPSA) is 41.1 Å². The Balaban J connectivity index is 1.86. The number of hydrogen-bond acceptors (Lipinski definition) is 2. The van der Waals surface area contributed by atoms with Gasteiger partial charge in [-0.15, -0.1) is 0 Å². The van der Waals surface area contributed by atoms with Crippen LogP contribution in [0.3, 0.4) is 0 Å². The Morgan fingerprint density at radius 2 is 2.44 bits per heavy atom. The van der Waals surface area contributed by atoms with E-state index in [9.17, 15) is 9.18 Å². The molecule has 98 valence electrons. The first-order valence-electron chi connectivity index (χ1n) is 6.43. The van der Waals surface area contributed by atoms with Crippen molar-refractivity contribution in [1.29, 1.82) is 0 Å². The third-order valence-corrected chi connectivity index (χ3v) is 3.32. The highest BCUT2D eigenvalue weighted by Crippen LogP contribution is 2.14. The Bertz CT molecular complexity index is 416. The molecule has 0 bridgehead atoms. The maximum absolute atomic E-state index is 13.1. The zero-order valence-corrected chi connectivity index (χ0v) is 10.6. The highest BCUT2D eigenvalue weighted by atomic mass is 19.1. The maximum Gasteiger partial charge on any atom is 0.222 e. The summed E-state index contributed by atoms with van der Waals surface area (Å²) in [5.41, 5.74) is 0.794. The molecule has 0 aliphatic carbocycles. The lowest BCUT2D eigenvalue weighted by molar-refractivity contribution is -0.122. The summed E-state index contributed by atoms with van der Waals surface area (Å²) in [5.74, 6) is -0.253. The van der Waals surface area contributed by atoms with Crippen LogP contribution in [0.25, 0.3) is 0 Å². The fourth-order valence-electron chi connectivity index (χ4n) is 2.31. The molecule has 2 N–H and O–H groups in total. The molecular weight excluding hydrogens is 231 g/mol. The average molecular weight is 250 g/mol. The molecule has 1 amide bonds. The first-order valence-corrected chi connectivity index (χ1v) is 6.43. The molecule has 2 atom stereocenters. The minimum atomic E-state index is -0.272. The molecule has 1 aromatic rings. The molecule has 0 saturated carbocycles. The van der Waals surface area contributed by atoms with E-state index in [4.69, 9.17) is 0 Å². The van der Waals surface area contributed by atoms with Gasteiger partial charge in [-0.25, -0.2) is 4.39 Å². The second-order valence-corrected chi connectivity index (χ2v) is 4.84. The lowest BCUT2D eigenvalue weighted by Gasteiger charge is -2.16. The molecule has 18 heavy (non-hydrogen) atoms. The molecule has 1 fully saturated rings. The number of hydrogen-bond donors (Lipinski definition) is 2. The molecule has 1 heterocycles. The molecule has 1 aliphatic heterocycles. The third kappa shape index (κ3) is 3.53. The van der Waals surface area contributed by atoms with Gasteiger partial charge in [-0.1, -0.05) is 12.1 Å². The second-order valence-electron chi connectivity index (χ2n) is 4.84. The van der Waals surface area contributed by atoms with Gasteiger partial charge in [0.1, 0.15) is 5.82 Å². The van der Waals surface area contributed by atoms with E-state index in [1.54, 1.807) is 6.07 Å². The van der Waals surface area contributed by atoms with Gasteiger partial charge in [0.15, 0.2) is 0 Å². The molecule has 1 saturated heterocycles. The van der Waals surface area contributed by atoms with Crippen molar-refractivity contribution in [2.45, 2.75) is 38.3 Å². The Labute approximate surface area is 107 Å². The molecule has 2 unspecified atom stereocenters. The fourth-order valence-corrected chi connectivity index (χ4v) is 2.31. The predicted octanol–water partition coefficient (Wildman–Crippen LogP) is 2.14. The number of amides is 1. The second kappa shape index (κ2) is 5.96. The monoisotopic (exact) mass is 250 g/mol. The summed E-state index contributed by atoms with van der Waals surface area (Å²) in [5, 5.41) is 6.19. The van der Waals surface area contributed by atoms with Crippen molar-refractivity contribution in [3.63, 3.8) is 0 Å². The van der Waals surface area contributed by atoms with Crippen molar-refractivity contribution < 1.29 is 9.18 Å². The van der Waals surface area contributed by atoms with Crippen molar-refractivity contribution in [3.05, 3.63) is 35.6 Å². The number of halogens is 1. The van der Waals surface area contributed by atoms with Crippen molar-refractivity contribution in [2.24, 2.45) is 0 Å². The summed E-state index contributed by atoms with van der Waals surface area (Å²) >= 11 is 0. The first kappa shape index (κ1) is 13.0. The van der Waals surface area contributed by atoms with Gasteiger partial charge >= 0.3 is 0 Å². The Morgan fingerprint density at radius 3 is 3.11 bits per heavy atom. The number of rotatable bonds is 4. The minimum absolute atomic E-state index is 0.0196. The van der Waals surface area contributed by atoms with Gasteiger partial charge in [0.25, 0.3) is 0 Å². The SMILES string of the molecule is CC(NC(=O)CC1CCCN1)c1cccc(F)c1. The van der Waals surface area contributed by atoms with Crippen LogP contribution in [0.1, 0.15) is 37.8 Å². The molecule has 1 aromatic carbocycles.